The third-order valence-corrected chi connectivity index (χ3v) is 3.82. The summed E-state index contributed by atoms with van der Waals surface area (Å²) >= 11 is 0.587. The van der Waals surface area contributed by atoms with Gasteiger partial charge in [-0.25, -0.2) is 4.79 Å². The van der Waals surface area contributed by atoms with E-state index >= 15 is 0 Å². The highest BCUT2D eigenvalue weighted by Crippen LogP contribution is 2.33. The molecule has 1 fully saturated rings. The highest BCUT2D eigenvalue weighted by molar-refractivity contribution is 7.09. The molecule has 106 valence electrons. The highest BCUT2D eigenvalue weighted by Gasteiger charge is 2.39. The fourth-order valence-electron chi connectivity index (χ4n) is 2.05. The molecule has 2 rings (SSSR count). The first-order chi connectivity index (χ1) is 8.79. The molecule has 2 atom stereocenters. The van der Waals surface area contributed by atoms with E-state index in [1.165, 1.54) is 4.90 Å². The molecule has 19 heavy (non-hydrogen) atoms. The molecule has 1 N–H and O–H groups in total. The predicted molar refractivity (Wildman–Crippen MR) is 62.1 cm³/mol. The van der Waals surface area contributed by atoms with Crippen LogP contribution in [0.3, 0.4) is 0 Å². The molecule has 0 amide bonds. The van der Waals surface area contributed by atoms with E-state index in [0.29, 0.717) is 24.5 Å². The summed E-state index contributed by atoms with van der Waals surface area (Å²) in [6.07, 6.45) is -3.47. The normalized spacial score (nSPS) is 24.5. The summed E-state index contributed by atoms with van der Waals surface area (Å²) in [5, 5.41) is 9.17. The molecule has 2 heterocycles. The SMILES string of the molecule is CC1CCN(c2nc(C(F)(F)F)ns2)C(C(=O)O)C1. The van der Waals surface area contributed by atoms with Crippen LogP contribution in [0.1, 0.15) is 25.6 Å². The Morgan fingerprint density at radius 2 is 2.21 bits per heavy atom. The number of hydrogen-bond acceptors (Lipinski definition) is 5. The molecule has 9 heteroatoms. The van der Waals surface area contributed by atoms with Gasteiger partial charge >= 0.3 is 12.1 Å². The summed E-state index contributed by atoms with van der Waals surface area (Å²) in [5.41, 5.74) is 0. The zero-order valence-corrected chi connectivity index (χ0v) is 10.8. The second kappa shape index (κ2) is 4.95. The minimum absolute atomic E-state index is 0.0200. The first-order valence-electron chi connectivity index (χ1n) is 5.69. The maximum Gasteiger partial charge on any atom is 0.452 e. The topological polar surface area (TPSA) is 66.3 Å². The van der Waals surface area contributed by atoms with Crippen LogP contribution in [-0.2, 0) is 11.0 Å². The molecule has 5 nitrogen and oxygen atoms in total. The van der Waals surface area contributed by atoms with Gasteiger partial charge < -0.3 is 10.0 Å². The van der Waals surface area contributed by atoms with Crippen molar-refractivity contribution in [3.63, 3.8) is 0 Å². The third-order valence-electron chi connectivity index (χ3n) is 3.06. The Kier molecular flexibility index (Phi) is 3.66. The van der Waals surface area contributed by atoms with Gasteiger partial charge in [0.1, 0.15) is 6.04 Å². The van der Waals surface area contributed by atoms with Gasteiger partial charge in [0.05, 0.1) is 0 Å². The Labute approximate surface area is 111 Å². The van der Waals surface area contributed by atoms with Crippen molar-refractivity contribution in [1.82, 2.24) is 9.36 Å². The molecule has 1 aromatic heterocycles. The molecule has 0 aliphatic carbocycles. The molecule has 2 unspecified atom stereocenters. The van der Waals surface area contributed by atoms with Crippen LogP contribution in [0.5, 0.6) is 0 Å². The van der Waals surface area contributed by atoms with Gasteiger partial charge in [-0.15, -0.1) is 0 Å². The Bertz CT molecular complexity index is 477. The number of aromatic nitrogens is 2. The van der Waals surface area contributed by atoms with Crippen LogP contribution >= 0.6 is 11.5 Å². The van der Waals surface area contributed by atoms with Gasteiger partial charge in [-0.3, -0.25) is 0 Å². The van der Waals surface area contributed by atoms with Gasteiger partial charge in [-0.1, -0.05) is 6.92 Å². The maximum absolute atomic E-state index is 12.4. The molecule has 0 radical (unpaired) electrons. The fourth-order valence-corrected chi connectivity index (χ4v) is 2.82. The number of carboxylic acid groups (broad SMARTS) is 1. The van der Waals surface area contributed by atoms with Crippen molar-refractivity contribution in [1.29, 1.82) is 0 Å². The average Bonchev–Trinajstić information content (AvgIpc) is 2.77. The van der Waals surface area contributed by atoms with Gasteiger partial charge in [0, 0.05) is 18.1 Å². The summed E-state index contributed by atoms with van der Waals surface area (Å²) < 4.78 is 40.5. The molecule has 0 aromatic carbocycles. The van der Waals surface area contributed by atoms with Crippen molar-refractivity contribution >= 4 is 22.6 Å². The van der Waals surface area contributed by atoms with Crippen LogP contribution in [-0.4, -0.2) is 33.0 Å². The monoisotopic (exact) mass is 295 g/mol. The number of anilines is 1. The van der Waals surface area contributed by atoms with E-state index in [-0.39, 0.29) is 11.0 Å². The van der Waals surface area contributed by atoms with Gasteiger partial charge in [0.2, 0.25) is 11.0 Å². The fraction of sp³-hybridized carbons (Fsp3) is 0.700. The average molecular weight is 295 g/mol. The van der Waals surface area contributed by atoms with Gasteiger partial charge in [0.15, 0.2) is 0 Å². The Hall–Kier alpha value is -1.38. The summed E-state index contributed by atoms with van der Waals surface area (Å²) in [7, 11) is 0. The molecule has 1 aliphatic rings. The zero-order valence-electron chi connectivity index (χ0n) is 10.0. The summed E-state index contributed by atoms with van der Waals surface area (Å²) in [5.74, 6) is -2.03. The third kappa shape index (κ3) is 2.96. The number of aliphatic carboxylic acids is 1. The number of nitrogens with zero attached hydrogens (tertiary/aromatic N) is 3. The highest BCUT2D eigenvalue weighted by atomic mass is 32.1. The Morgan fingerprint density at radius 3 is 2.74 bits per heavy atom. The van der Waals surface area contributed by atoms with Crippen LogP contribution in [0.25, 0.3) is 0 Å². The van der Waals surface area contributed by atoms with Crippen molar-refractivity contribution in [3.05, 3.63) is 5.82 Å². The first-order valence-corrected chi connectivity index (χ1v) is 6.46. The Morgan fingerprint density at radius 1 is 1.53 bits per heavy atom. The summed E-state index contributed by atoms with van der Waals surface area (Å²) in [6, 6.07) is -0.835. The number of carboxylic acids is 1. The number of carbonyl (C=O) groups is 1. The lowest BCUT2D eigenvalue weighted by atomic mass is 9.93. The zero-order chi connectivity index (χ0) is 14.2. The standard InChI is InChI=1S/C10H12F3N3O2S/c1-5-2-3-16(6(4-5)7(17)18)9-14-8(15-19-9)10(11,12)13/h5-6H,2-4H2,1H3,(H,17,18). The van der Waals surface area contributed by atoms with E-state index < -0.39 is 24.0 Å². The predicted octanol–water partition coefficient (Wildman–Crippen LogP) is 2.25. The van der Waals surface area contributed by atoms with E-state index in [9.17, 15) is 18.0 Å². The minimum atomic E-state index is -4.60. The van der Waals surface area contributed by atoms with Crippen molar-refractivity contribution in [2.75, 3.05) is 11.4 Å². The largest absolute Gasteiger partial charge is 0.480 e. The summed E-state index contributed by atoms with van der Waals surface area (Å²) in [4.78, 5) is 16.0. The van der Waals surface area contributed by atoms with Crippen LogP contribution < -0.4 is 4.90 Å². The first kappa shape index (κ1) is 14.0. The molecular weight excluding hydrogens is 283 g/mol. The van der Waals surface area contributed by atoms with Crippen LogP contribution in [0, 0.1) is 5.92 Å². The number of piperidine rings is 1. The van der Waals surface area contributed by atoms with Crippen LogP contribution in [0.2, 0.25) is 0 Å². The van der Waals surface area contributed by atoms with Crippen LogP contribution in [0.4, 0.5) is 18.3 Å². The second-order valence-corrected chi connectivity index (χ2v) is 5.31. The van der Waals surface area contributed by atoms with E-state index in [2.05, 4.69) is 9.36 Å². The van der Waals surface area contributed by atoms with E-state index in [0.717, 1.165) is 6.42 Å². The van der Waals surface area contributed by atoms with E-state index in [4.69, 9.17) is 5.11 Å². The lowest BCUT2D eigenvalue weighted by Gasteiger charge is -2.35. The minimum Gasteiger partial charge on any atom is -0.480 e. The number of alkyl halides is 3. The molecule has 0 bridgehead atoms. The van der Waals surface area contributed by atoms with E-state index in [1.807, 2.05) is 6.92 Å². The molecule has 0 saturated carbocycles. The lowest BCUT2D eigenvalue weighted by Crippen LogP contribution is -2.47. The van der Waals surface area contributed by atoms with E-state index in [1.54, 1.807) is 0 Å². The lowest BCUT2D eigenvalue weighted by molar-refractivity contribution is -0.144. The van der Waals surface area contributed by atoms with Crippen molar-refractivity contribution in [2.24, 2.45) is 5.92 Å². The smallest absolute Gasteiger partial charge is 0.452 e. The Balaban J connectivity index is 2.24. The maximum atomic E-state index is 12.4. The van der Waals surface area contributed by atoms with Crippen molar-refractivity contribution in [2.45, 2.75) is 32.0 Å². The van der Waals surface area contributed by atoms with Gasteiger partial charge in [0.25, 0.3) is 0 Å². The van der Waals surface area contributed by atoms with Gasteiger partial charge in [-0.05, 0) is 18.8 Å². The number of rotatable bonds is 2. The van der Waals surface area contributed by atoms with Crippen molar-refractivity contribution < 1.29 is 23.1 Å². The van der Waals surface area contributed by atoms with Crippen molar-refractivity contribution in [3.8, 4) is 0 Å². The molecule has 0 spiro atoms. The molecule has 1 aromatic rings. The quantitative estimate of drug-likeness (QED) is 0.906. The second-order valence-electron chi connectivity index (χ2n) is 4.58. The molecule has 1 aliphatic heterocycles. The van der Waals surface area contributed by atoms with Gasteiger partial charge in [-0.2, -0.15) is 22.5 Å². The number of hydrogen-bond donors (Lipinski definition) is 1. The molecule has 1 saturated heterocycles. The summed E-state index contributed by atoms with van der Waals surface area (Å²) in [6.45, 7) is 2.30. The van der Waals surface area contributed by atoms with Crippen LogP contribution in [0.15, 0.2) is 0 Å². The number of halogens is 3. The molecular formula is C10H12F3N3O2S.